The summed E-state index contributed by atoms with van der Waals surface area (Å²) in [5.41, 5.74) is 5.85. The smallest absolute Gasteiger partial charge is 0.412 e. The molecule has 74 valence electrons. The Balaban J connectivity index is 0.00000144. The second-order valence-electron chi connectivity index (χ2n) is 2.15. The molecule has 1 aromatic carbocycles. The van der Waals surface area contributed by atoms with E-state index in [0.29, 0.717) is 5.69 Å². The largest absolute Gasteiger partial charge is 0.524 e. The van der Waals surface area contributed by atoms with Crippen LogP contribution in [0.4, 0.5) is 5.69 Å². The Kier molecular flexibility index (Phi) is 3.90. The van der Waals surface area contributed by atoms with Crippen molar-refractivity contribution in [2.24, 2.45) is 0 Å². The highest BCUT2D eigenvalue weighted by Crippen LogP contribution is 2.37. The van der Waals surface area contributed by atoms with Gasteiger partial charge in [-0.1, -0.05) is 0 Å². The molecule has 7 heteroatoms. The van der Waals surface area contributed by atoms with Crippen LogP contribution < -0.4 is 10.3 Å². The average Bonchev–Trinajstić information content (AvgIpc) is 1.91. The standard InChI is InChI=1S/C6H8NO4P.H2O/c7-5-1-3-6(4-2-5)11-12(8,9)10;/h1-4H,7H2,(H2,8,9,10);1H2. The number of phosphoric acid groups is 1. The van der Waals surface area contributed by atoms with Crippen molar-refractivity contribution >= 4 is 13.5 Å². The van der Waals surface area contributed by atoms with Crippen molar-refractivity contribution in [1.29, 1.82) is 0 Å². The molecule has 0 bridgehead atoms. The Morgan fingerprint density at radius 3 is 2.08 bits per heavy atom. The lowest BCUT2D eigenvalue weighted by Crippen LogP contribution is -1.90. The third-order valence-electron chi connectivity index (χ3n) is 1.10. The van der Waals surface area contributed by atoms with Crippen molar-refractivity contribution in [1.82, 2.24) is 0 Å². The van der Waals surface area contributed by atoms with Crippen molar-refractivity contribution in [3.63, 3.8) is 0 Å². The number of nitrogen functional groups attached to an aromatic ring is 1. The van der Waals surface area contributed by atoms with Gasteiger partial charge in [0.2, 0.25) is 0 Å². The van der Waals surface area contributed by atoms with Crippen LogP contribution in [0.5, 0.6) is 5.75 Å². The maximum Gasteiger partial charge on any atom is 0.524 e. The Morgan fingerprint density at radius 1 is 1.23 bits per heavy atom. The van der Waals surface area contributed by atoms with Gasteiger partial charge in [0.05, 0.1) is 0 Å². The van der Waals surface area contributed by atoms with Crippen LogP contribution in [0.15, 0.2) is 24.3 Å². The fourth-order valence-corrected chi connectivity index (χ4v) is 1.06. The maximum atomic E-state index is 10.3. The Bertz CT molecular complexity index is 305. The molecule has 6 nitrogen and oxygen atoms in total. The van der Waals surface area contributed by atoms with Crippen LogP contribution in [0.1, 0.15) is 0 Å². The predicted octanol–water partition coefficient (Wildman–Crippen LogP) is -0.0844. The van der Waals surface area contributed by atoms with E-state index in [2.05, 4.69) is 4.52 Å². The fourth-order valence-electron chi connectivity index (χ4n) is 0.666. The summed E-state index contributed by atoms with van der Waals surface area (Å²) < 4.78 is 14.6. The first-order valence-electron chi connectivity index (χ1n) is 3.08. The van der Waals surface area contributed by atoms with Gasteiger partial charge in [0, 0.05) is 5.69 Å². The van der Waals surface area contributed by atoms with Gasteiger partial charge >= 0.3 is 7.82 Å². The molecule has 0 spiro atoms. The van der Waals surface area contributed by atoms with Gasteiger partial charge < -0.3 is 15.7 Å². The molecular weight excluding hydrogens is 197 g/mol. The van der Waals surface area contributed by atoms with E-state index >= 15 is 0 Å². The van der Waals surface area contributed by atoms with Crippen molar-refractivity contribution in [2.45, 2.75) is 0 Å². The summed E-state index contributed by atoms with van der Waals surface area (Å²) in [4.78, 5) is 16.8. The first-order chi connectivity index (χ1) is 5.47. The summed E-state index contributed by atoms with van der Waals surface area (Å²) >= 11 is 0. The molecular formula is C6H10NO5P. The molecule has 6 N–H and O–H groups in total. The van der Waals surface area contributed by atoms with E-state index in [0.717, 1.165) is 0 Å². The minimum absolute atomic E-state index is 0. The molecule has 0 saturated carbocycles. The van der Waals surface area contributed by atoms with Gasteiger partial charge in [0.1, 0.15) is 5.75 Å². The van der Waals surface area contributed by atoms with Crippen molar-refractivity contribution in [2.75, 3.05) is 5.73 Å². The zero-order chi connectivity index (χ0) is 9.19. The number of hydrogen-bond acceptors (Lipinski definition) is 3. The molecule has 0 heterocycles. The molecule has 0 amide bonds. The minimum atomic E-state index is -4.44. The summed E-state index contributed by atoms with van der Waals surface area (Å²) in [6, 6.07) is 5.75. The number of phosphoric ester groups is 1. The monoisotopic (exact) mass is 207 g/mol. The zero-order valence-electron chi connectivity index (χ0n) is 6.54. The number of rotatable bonds is 2. The number of hydrogen-bond donors (Lipinski definition) is 3. The van der Waals surface area contributed by atoms with Crippen molar-refractivity contribution in [3.8, 4) is 5.75 Å². The summed E-state index contributed by atoms with van der Waals surface area (Å²) in [5, 5.41) is 0. The van der Waals surface area contributed by atoms with E-state index in [9.17, 15) is 4.57 Å². The van der Waals surface area contributed by atoms with Gasteiger partial charge in [0.25, 0.3) is 0 Å². The molecule has 0 fully saturated rings. The molecule has 0 atom stereocenters. The predicted molar refractivity (Wildman–Crippen MR) is 47.1 cm³/mol. The van der Waals surface area contributed by atoms with Crippen LogP contribution in [0.2, 0.25) is 0 Å². The van der Waals surface area contributed by atoms with Crippen LogP contribution in [-0.4, -0.2) is 15.3 Å². The van der Waals surface area contributed by atoms with Gasteiger partial charge in [-0.3, -0.25) is 9.79 Å². The summed E-state index contributed by atoms with van der Waals surface area (Å²) in [5.74, 6) is 0.0949. The van der Waals surface area contributed by atoms with Crippen LogP contribution in [-0.2, 0) is 4.57 Å². The van der Waals surface area contributed by atoms with Crippen LogP contribution in [0, 0.1) is 0 Å². The van der Waals surface area contributed by atoms with E-state index in [1.807, 2.05) is 0 Å². The molecule has 0 aliphatic heterocycles. The Labute approximate surface area is 74.5 Å². The summed E-state index contributed by atoms with van der Waals surface area (Å²) in [7, 11) is -4.44. The highest BCUT2D eigenvalue weighted by atomic mass is 31.2. The van der Waals surface area contributed by atoms with E-state index in [1.165, 1.54) is 24.3 Å². The molecule has 0 radical (unpaired) electrons. The molecule has 0 saturated heterocycles. The van der Waals surface area contributed by atoms with E-state index in [-0.39, 0.29) is 11.2 Å². The molecule has 13 heavy (non-hydrogen) atoms. The second kappa shape index (κ2) is 4.25. The highest BCUT2D eigenvalue weighted by molar-refractivity contribution is 7.46. The van der Waals surface area contributed by atoms with Gasteiger partial charge in [-0.2, -0.15) is 0 Å². The Morgan fingerprint density at radius 2 is 1.69 bits per heavy atom. The number of benzene rings is 1. The minimum Gasteiger partial charge on any atom is -0.412 e. The first kappa shape index (κ1) is 11.9. The van der Waals surface area contributed by atoms with E-state index in [4.69, 9.17) is 15.5 Å². The topological polar surface area (TPSA) is 124 Å². The van der Waals surface area contributed by atoms with E-state index < -0.39 is 7.82 Å². The normalized spacial score (nSPS) is 10.3. The van der Waals surface area contributed by atoms with Gasteiger partial charge in [-0.05, 0) is 24.3 Å². The van der Waals surface area contributed by atoms with E-state index in [1.54, 1.807) is 0 Å². The lowest BCUT2D eigenvalue weighted by molar-refractivity contribution is 0.283. The quantitative estimate of drug-likeness (QED) is 0.461. The summed E-state index contributed by atoms with van der Waals surface area (Å²) in [6.45, 7) is 0. The van der Waals surface area contributed by atoms with Gasteiger partial charge in [0.15, 0.2) is 0 Å². The lowest BCUT2D eigenvalue weighted by atomic mass is 10.3. The molecule has 1 rings (SSSR count). The highest BCUT2D eigenvalue weighted by Gasteiger charge is 2.14. The van der Waals surface area contributed by atoms with Crippen LogP contribution >= 0.6 is 7.82 Å². The molecule has 0 aromatic heterocycles. The SMILES string of the molecule is Nc1ccc(OP(=O)(O)O)cc1.O. The molecule has 0 aliphatic carbocycles. The molecule has 0 aliphatic rings. The number of nitrogens with two attached hydrogens (primary N) is 1. The van der Waals surface area contributed by atoms with Crippen LogP contribution in [0.3, 0.4) is 0 Å². The van der Waals surface area contributed by atoms with Crippen molar-refractivity contribution < 1.29 is 24.4 Å². The van der Waals surface area contributed by atoms with Crippen molar-refractivity contribution in [3.05, 3.63) is 24.3 Å². The third kappa shape index (κ3) is 4.49. The number of anilines is 1. The lowest BCUT2D eigenvalue weighted by Gasteiger charge is -2.05. The Hall–Kier alpha value is -1.07. The maximum absolute atomic E-state index is 10.3. The van der Waals surface area contributed by atoms with Crippen LogP contribution in [0.25, 0.3) is 0 Å². The average molecular weight is 207 g/mol. The van der Waals surface area contributed by atoms with Gasteiger partial charge in [-0.15, -0.1) is 0 Å². The first-order valence-corrected chi connectivity index (χ1v) is 4.61. The third-order valence-corrected chi connectivity index (χ3v) is 1.55. The second-order valence-corrected chi connectivity index (χ2v) is 3.31. The molecule has 0 unspecified atom stereocenters. The fraction of sp³-hybridized carbons (Fsp3) is 0. The summed E-state index contributed by atoms with van der Waals surface area (Å²) in [6.07, 6.45) is 0. The molecule has 1 aromatic rings. The van der Waals surface area contributed by atoms with Gasteiger partial charge in [-0.25, -0.2) is 4.57 Å². The zero-order valence-corrected chi connectivity index (χ0v) is 7.44.